The highest BCUT2D eigenvalue weighted by Gasteiger charge is 2.25. The smallest absolute Gasteiger partial charge is 0.314 e. The van der Waals surface area contributed by atoms with Gasteiger partial charge in [0.1, 0.15) is 0 Å². The standard InChI is InChI=1S/C13H26N2O4/c1-9(12(2,3)4)7-14-11(18)15-8-13(5,19)6-10(16)17/h9,19H,6-8H2,1-5H3,(H,16,17)(H2,14,15,18). The Hall–Kier alpha value is -1.30. The van der Waals surface area contributed by atoms with Crippen LogP contribution in [0.15, 0.2) is 0 Å². The van der Waals surface area contributed by atoms with Crippen molar-refractivity contribution in [3.8, 4) is 0 Å². The molecule has 0 saturated carbocycles. The molecule has 6 nitrogen and oxygen atoms in total. The van der Waals surface area contributed by atoms with Crippen LogP contribution >= 0.6 is 0 Å². The first-order valence-corrected chi connectivity index (χ1v) is 6.40. The fraction of sp³-hybridized carbons (Fsp3) is 0.846. The lowest BCUT2D eigenvalue weighted by molar-refractivity contribution is -0.141. The van der Waals surface area contributed by atoms with Crippen LogP contribution < -0.4 is 10.6 Å². The van der Waals surface area contributed by atoms with E-state index >= 15 is 0 Å². The molecule has 0 saturated heterocycles. The van der Waals surface area contributed by atoms with Crippen molar-refractivity contribution in [3.05, 3.63) is 0 Å². The zero-order chi connectivity index (χ0) is 15.3. The molecule has 0 aromatic heterocycles. The average Bonchev–Trinajstić information content (AvgIpc) is 2.19. The van der Waals surface area contributed by atoms with Crippen molar-refractivity contribution in [3.63, 3.8) is 0 Å². The average molecular weight is 274 g/mol. The van der Waals surface area contributed by atoms with E-state index in [0.717, 1.165) is 0 Å². The summed E-state index contributed by atoms with van der Waals surface area (Å²) in [6, 6.07) is -0.401. The number of hydrogen-bond acceptors (Lipinski definition) is 3. The molecule has 0 aliphatic heterocycles. The van der Waals surface area contributed by atoms with Crippen molar-refractivity contribution in [2.45, 2.75) is 46.6 Å². The zero-order valence-corrected chi connectivity index (χ0v) is 12.4. The second-order valence-electron chi connectivity index (χ2n) is 6.40. The first-order valence-electron chi connectivity index (χ1n) is 6.40. The topological polar surface area (TPSA) is 98.7 Å². The van der Waals surface area contributed by atoms with Gasteiger partial charge in [0.05, 0.1) is 12.0 Å². The molecule has 0 bridgehead atoms. The van der Waals surface area contributed by atoms with Gasteiger partial charge in [-0.05, 0) is 18.3 Å². The van der Waals surface area contributed by atoms with Gasteiger partial charge in [-0.3, -0.25) is 4.79 Å². The number of carboxylic acids is 1. The molecule has 0 aromatic carbocycles. The van der Waals surface area contributed by atoms with Crippen molar-refractivity contribution in [1.82, 2.24) is 10.6 Å². The van der Waals surface area contributed by atoms with Crippen LogP contribution in [0.4, 0.5) is 4.79 Å². The molecule has 2 atom stereocenters. The van der Waals surface area contributed by atoms with Crippen LogP contribution in [0.2, 0.25) is 0 Å². The maximum absolute atomic E-state index is 11.5. The van der Waals surface area contributed by atoms with Crippen LogP contribution in [0.3, 0.4) is 0 Å². The van der Waals surface area contributed by atoms with Crippen LogP contribution in [0, 0.1) is 11.3 Å². The molecular formula is C13H26N2O4. The Kier molecular flexibility index (Phi) is 6.29. The molecule has 0 rings (SSSR count). The lowest BCUT2D eigenvalue weighted by atomic mass is 9.82. The molecule has 0 heterocycles. The van der Waals surface area contributed by atoms with Gasteiger partial charge >= 0.3 is 12.0 Å². The Bertz CT molecular complexity index is 321. The third-order valence-corrected chi connectivity index (χ3v) is 3.21. The van der Waals surface area contributed by atoms with Crippen molar-refractivity contribution in [2.75, 3.05) is 13.1 Å². The van der Waals surface area contributed by atoms with Gasteiger partial charge in [0.2, 0.25) is 0 Å². The lowest BCUT2D eigenvalue weighted by Crippen LogP contribution is -2.47. The second-order valence-corrected chi connectivity index (χ2v) is 6.40. The van der Waals surface area contributed by atoms with E-state index in [1.54, 1.807) is 0 Å². The van der Waals surface area contributed by atoms with Gasteiger partial charge in [-0.2, -0.15) is 0 Å². The Balaban J connectivity index is 4.04. The third-order valence-electron chi connectivity index (χ3n) is 3.21. The van der Waals surface area contributed by atoms with Crippen LogP contribution in [0.25, 0.3) is 0 Å². The van der Waals surface area contributed by atoms with Crippen LogP contribution in [0.1, 0.15) is 41.0 Å². The Labute approximate surface area is 114 Å². The fourth-order valence-electron chi connectivity index (χ4n) is 1.27. The number of carboxylic acid groups (broad SMARTS) is 1. The monoisotopic (exact) mass is 274 g/mol. The fourth-order valence-corrected chi connectivity index (χ4v) is 1.27. The molecule has 0 fully saturated rings. The van der Waals surface area contributed by atoms with Gasteiger partial charge in [-0.25, -0.2) is 4.79 Å². The molecule has 0 aliphatic carbocycles. The van der Waals surface area contributed by atoms with Gasteiger partial charge in [-0.15, -0.1) is 0 Å². The highest BCUT2D eigenvalue weighted by molar-refractivity contribution is 5.74. The second kappa shape index (κ2) is 6.75. The van der Waals surface area contributed by atoms with Gasteiger partial charge in [0.25, 0.3) is 0 Å². The summed E-state index contributed by atoms with van der Waals surface area (Å²) in [4.78, 5) is 22.0. The number of rotatable bonds is 6. The summed E-state index contributed by atoms with van der Waals surface area (Å²) in [6.45, 7) is 10.1. The van der Waals surface area contributed by atoms with E-state index in [4.69, 9.17) is 5.11 Å². The number of urea groups is 1. The van der Waals surface area contributed by atoms with E-state index in [2.05, 4.69) is 31.4 Å². The number of carbonyl (C=O) groups excluding carboxylic acids is 1. The Morgan fingerprint density at radius 2 is 1.68 bits per heavy atom. The van der Waals surface area contributed by atoms with Crippen LogP contribution in [-0.2, 0) is 4.79 Å². The van der Waals surface area contributed by atoms with E-state index in [0.29, 0.717) is 12.5 Å². The molecule has 0 aromatic rings. The predicted molar refractivity (Wildman–Crippen MR) is 72.9 cm³/mol. The number of hydrogen-bond donors (Lipinski definition) is 4. The number of aliphatic carboxylic acids is 1. The summed E-state index contributed by atoms with van der Waals surface area (Å²) in [6.07, 6.45) is -0.411. The quantitative estimate of drug-likeness (QED) is 0.584. The van der Waals surface area contributed by atoms with E-state index in [-0.39, 0.29) is 12.0 Å². The van der Waals surface area contributed by atoms with Crippen molar-refractivity contribution in [2.24, 2.45) is 11.3 Å². The van der Waals surface area contributed by atoms with E-state index < -0.39 is 24.0 Å². The maximum Gasteiger partial charge on any atom is 0.314 e. The summed E-state index contributed by atoms with van der Waals surface area (Å²) >= 11 is 0. The lowest BCUT2D eigenvalue weighted by Gasteiger charge is -2.27. The molecule has 19 heavy (non-hydrogen) atoms. The molecule has 0 radical (unpaired) electrons. The SMILES string of the molecule is CC(CNC(=O)NCC(C)(O)CC(=O)O)C(C)(C)C. The van der Waals surface area contributed by atoms with E-state index in [1.165, 1.54) is 6.92 Å². The number of nitrogens with one attached hydrogen (secondary N) is 2. The number of aliphatic hydroxyl groups is 1. The van der Waals surface area contributed by atoms with Gasteiger partial charge < -0.3 is 20.8 Å². The zero-order valence-electron chi connectivity index (χ0n) is 12.4. The molecule has 2 amide bonds. The highest BCUT2D eigenvalue weighted by Crippen LogP contribution is 2.24. The van der Waals surface area contributed by atoms with Crippen molar-refractivity contribution < 1.29 is 19.8 Å². The number of carbonyl (C=O) groups is 2. The minimum absolute atomic E-state index is 0.0993. The van der Waals surface area contributed by atoms with Crippen LogP contribution in [0.5, 0.6) is 0 Å². The van der Waals surface area contributed by atoms with E-state index in [9.17, 15) is 14.7 Å². The first-order chi connectivity index (χ1) is 8.44. The van der Waals surface area contributed by atoms with E-state index in [1.807, 2.05) is 6.92 Å². The van der Waals surface area contributed by atoms with Gasteiger partial charge in [0, 0.05) is 13.1 Å². The summed E-state index contributed by atoms with van der Waals surface area (Å²) in [5, 5.41) is 23.5. The normalized spacial score (nSPS) is 16.3. The summed E-state index contributed by atoms with van der Waals surface area (Å²) in [5.74, 6) is -0.800. The first kappa shape index (κ1) is 17.7. The maximum atomic E-state index is 11.5. The summed E-state index contributed by atoms with van der Waals surface area (Å²) in [7, 11) is 0. The largest absolute Gasteiger partial charge is 0.481 e. The summed E-state index contributed by atoms with van der Waals surface area (Å²) in [5.41, 5.74) is -1.35. The molecule has 4 N–H and O–H groups in total. The summed E-state index contributed by atoms with van der Waals surface area (Å²) < 4.78 is 0. The third kappa shape index (κ3) is 8.42. The Morgan fingerprint density at radius 1 is 1.16 bits per heavy atom. The van der Waals surface area contributed by atoms with Gasteiger partial charge in [0.15, 0.2) is 0 Å². The van der Waals surface area contributed by atoms with Crippen molar-refractivity contribution >= 4 is 12.0 Å². The molecule has 2 unspecified atom stereocenters. The molecule has 6 heteroatoms. The van der Waals surface area contributed by atoms with Gasteiger partial charge in [-0.1, -0.05) is 27.7 Å². The Morgan fingerprint density at radius 3 is 2.11 bits per heavy atom. The highest BCUT2D eigenvalue weighted by atomic mass is 16.4. The minimum atomic E-state index is -1.45. The predicted octanol–water partition coefficient (Wildman–Crippen LogP) is 1.19. The van der Waals surface area contributed by atoms with Crippen LogP contribution in [-0.4, -0.2) is 40.9 Å². The number of amides is 2. The molecule has 112 valence electrons. The minimum Gasteiger partial charge on any atom is -0.481 e. The molecular weight excluding hydrogens is 248 g/mol. The molecule has 0 spiro atoms. The molecule has 0 aliphatic rings. The van der Waals surface area contributed by atoms with Crippen molar-refractivity contribution in [1.29, 1.82) is 0 Å².